The largest absolute Gasteiger partial charge is 0.453 e. The maximum atomic E-state index is 8.95. The number of hydrogen-bond acceptors (Lipinski definition) is 4. The Morgan fingerprint density at radius 3 is 2.81 bits per heavy atom. The number of rotatable bonds is 2. The molecule has 0 saturated carbocycles. The molecule has 0 fully saturated rings. The number of fused-ring (bicyclic) bond motifs is 1. The molecule has 0 amide bonds. The number of ether oxygens (including phenoxy) is 1. The van der Waals surface area contributed by atoms with Crippen LogP contribution < -0.4 is 10.5 Å². The Hall–Kier alpha value is -2.77. The van der Waals surface area contributed by atoms with Crippen molar-refractivity contribution in [2.45, 2.75) is 0 Å². The zero-order chi connectivity index (χ0) is 14.8. The third-order valence-corrected chi connectivity index (χ3v) is 3.37. The lowest BCUT2D eigenvalue weighted by Gasteiger charge is -2.11. The van der Waals surface area contributed by atoms with Crippen LogP contribution in [-0.4, -0.2) is 4.98 Å². The Kier molecular flexibility index (Phi) is 3.35. The lowest BCUT2D eigenvalue weighted by atomic mass is 10.2. The number of pyridine rings is 1. The van der Waals surface area contributed by atoms with E-state index in [1.54, 1.807) is 36.5 Å². The van der Waals surface area contributed by atoms with E-state index < -0.39 is 0 Å². The number of nitrogens with zero attached hydrogens (tertiary/aromatic N) is 2. The molecule has 3 aromatic rings. The molecule has 0 aliphatic carbocycles. The molecule has 0 atom stereocenters. The van der Waals surface area contributed by atoms with Crippen molar-refractivity contribution in [1.29, 1.82) is 5.26 Å². The lowest BCUT2D eigenvalue weighted by molar-refractivity contribution is 0.489. The van der Waals surface area contributed by atoms with Crippen LogP contribution in [0.3, 0.4) is 0 Å². The summed E-state index contributed by atoms with van der Waals surface area (Å²) in [7, 11) is 0. The first-order valence-corrected chi connectivity index (χ1v) is 6.57. The van der Waals surface area contributed by atoms with Crippen LogP contribution in [0.1, 0.15) is 5.56 Å². The van der Waals surface area contributed by atoms with Crippen LogP contribution in [-0.2, 0) is 0 Å². The van der Waals surface area contributed by atoms with E-state index in [-0.39, 0.29) is 0 Å². The summed E-state index contributed by atoms with van der Waals surface area (Å²) in [6.45, 7) is 0. The Labute approximate surface area is 126 Å². The van der Waals surface area contributed by atoms with E-state index in [1.807, 2.05) is 12.1 Å². The summed E-state index contributed by atoms with van der Waals surface area (Å²) in [4.78, 5) is 4.30. The summed E-state index contributed by atoms with van der Waals surface area (Å²) < 4.78 is 5.82. The highest BCUT2D eigenvalue weighted by atomic mass is 35.5. The maximum Gasteiger partial charge on any atom is 0.153 e. The molecule has 4 nitrogen and oxygen atoms in total. The average Bonchev–Trinajstić information content (AvgIpc) is 2.52. The van der Waals surface area contributed by atoms with Crippen molar-refractivity contribution in [2.75, 3.05) is 5.73 Å². The molecule has 0 saturated heterocycles. The van der Waals surface area contributed by atoms with Gasteiger partial charge in [-0.2, -0.15) is 5.26 Å². The van der Waals surface area contributed by atoms with Crippen molar-refractivity contribution in [3.63, 3.8) is 0 Å². The Morgan fingerprint density at radius 1 is 1.14 bits per heavy atom. The average molecular weight is 296 g/mol. The third-order valence-electron chi connectivity index (χ3n) is 3.04. The van der Waals surface area contributed by atoms with Crippen LogP contribution in [0, 0.1) is 11.3 Å². The molecule has 0 unspecified atom stereocenters. The Bertz CT molecular complexity index is 871. The highest BCUT2D eigenvalue weighted by molar-refractivity contribution is 6.35. The molecule has 102 valence electrons. The molecule has 2 N–H and O–H groups in total. The summed E-state index contributed by atoms with van der Waals surface area (Å²) in [5, 5.41) is 10.3. The van der Waals surface area contributed by atoms with Gasteiger partial charge in [-0.1, -0.05) is 11.6 Å². The molecular formula is C16H10ClN3O. The fraction of sp³-hybridized carbons (Fsp3) is 0. The van der Waals surface area contributed by atoms with Crippen LogP contribution in [0.5, 0.6) is 11.5 Å². The zero-order valence-corrected chi connectivity index (χ0v) is 11.6. The summed E-state index contributed by atoms with van der Waals surface area (Å²) in [6, 6.07) is 14.1. The molecule has 0 aliphatic heterocycles. The minimum atomic E-state index is 0.420. The van der Waals surface area contributed by atoms with Gasteiger partial charge in [-0.3, -0.25) is 4.98 Å². The maximum absolute atomic E-state index is 8.95. The van der Waals surface area contributed by atoms with E-state index in [0.717, 1.165) is 5.39 Å². The highest BCUT2D eigenvalue weighted by Crippen LogP contribution is 2.34. The van der Waals surface area contributed by atoms with E-state index >= 15 is 0 Å². The first-order valence-electron chi connectivity index (χ1n) is 6.20. The molecule has 0 spiro atoms. The van der Waals surface area contributed by atoms with Crippen molar-refractivity contribution in [3.8, 4) is 17.6 Å². The smallest absolute Gasteiger partial charge is 0.153 e. The summed E-state index contributed by atoms with van der Waals surface area (Å²) in [5.74, 6) is 0.958. The second kappa shape index (κ2) is 5.31. The van der Waals surface area contributed by atoms with Gasteiger partial charge in [0.1, 0.15) is 5.52 Å². The number of nitrogen functional groups attached to an aromatic ring is 1. The topological polar surface area (TPSA) is 71.9 Å². The number of halogens is 1. The summed E-state index contributed by atoms with van der Waals surface area (Å²) in [5.41, 5.74) is 7.46. The van der Waals surface area contributed by atoms with Crippen LogP contribution in [0.25, 0.3) is 10.9 Å². The Morgan fingerprint density at radius 2 is 2.00 bits per heavy atom. The van der Waals surface area contributed by atoms with Crippen molar-refractivity contribution in [1.82, 2.24) is 4.98 Å². The van der Waals surface area contributed by atoms with Crippen LogP contribution in [0.4, 0.5) is 5.69 Å². The van der Waals surface area contributed by atoms with Crippen molar-refractivity contribution in [3.05, 3.63) is 59.2 Å². The number of anilines is 1. The first-order chi connectivity index (χ1) is 10.2. The van der Waals surface area contributed by atoms with Gasteiger partial charge in [0.25, 0.3) is 0 Å². The van der Waals surface area contributed by atoms with Crippen LogP contribution >= 0.6 is 11.6 Å². The number of aromatic nitrogens is 1. The van der Waals surface area contributed by atoms with Crippen LogP contribution in [0.15, 0.2) is 48.7 Å². The van der Waals surface area contributed by atoms with Gasteiger partial charge in [0, 0.05) is 17.6 Å². The van der Waals surface area contributed by atoms with Gasteiger partial charge in [0.15, 0.2) is 11.5 Å². The second-order valence-electron chi connectivity index (χ2n) is 4.41. The lowest BCUT2D eigenvalue weighted by Crippen LogP contribution is -1.94. The highest BCUT2D eigenvalue weighted by Gasteiger charge is 2.10. The van der Waals surface area contributed by atoms with Gasteiger partial charge >= 0.3 is 0 Å². The van der Waals surface area contributed by atoms with Crippen molar-refractivity contribution in [2.24, 2.45) is 0 Å². The van der Waals surface area contributed by atoms with Gasteiger partial charge in [-0.05, 0) is 36.4 Å². The third kappa shape index (κ3) is 2.47. The molecule has 0 aliphatic rings. The molecule has 3 rings (SSSR count). The van der Waals surface area contributed by atoms with E-state index in [2.05, 4.69) is 11.1 Å². The standard InChI is InChI=1S/C16H10ClN3O/c17-12-4-6-14(16-11(12)2-1-7-20-16)21-15-8-10(9-18)3-5-13(15)19/h1-8H,19H2. The number of benzene rings is 2. The van der Waals surface area contributed by atoms with Gasteiger partial charge < -0.3 is 10.5 Å². The fourth-order valence-electron chi connectivity index (χ4n) is 2.01. The van der Waals surface area contributed by atoms with Crippen molar-refractivity contribution < 1.29 is 4.74 Å². The van der Waals surface area contributed by atoms with Gasteiger partial charge in [-0.25, -0.2) is 0 Å². The van der Waals surface area contributed by atoms with E-state index in [4.69, 9.17) is 27.3 Å². The number of nitriles is 1. The minimum Gasteiger partial charge on any atom is -0.453 e. The SMILES string of the molecule is N#Cc1ccc(N)c(Oc2ccc(Cl)c3cccnc23)c1. The number of nitrogens with two attached hydrogens (primary N) is 1. The molecule has 1 heterocycles. The van der Waals surface area contributed by atoms with E-state index in [1.165, 1.54) is 0 Å². The molecule has 21 heavy (non-hydrogen) atoms. The zero-order valence-electron chi connectivity index (χ0n) is 10.9. The molecule has 2 aromatic carbocycles. The molecule has 0 radical (unpaired) electrons. The fourth-order valence-corrected chi connectivity index (χ4v) is 2.22. The summed E-state index contributed by atoms with van der Waals surface area (Å²) >= 11 is 6.15. The molecular weight excluding hydrogens is 286 g/mol. The van der Waals surface area contributed by atoms with E-state index in [9.17, 15) is 0 Å². The molecule has 1 aromatic heterocycles. The number of hydrogen-bond donors (Lipinski definition) is 1. The normalized spacial score (nSPS) is 10.3. The van der Waals surface area contributed by atoms with Crippen LogP contribution in [0.2, 0.25) is 5.02 Å². The van der Waals surface area contributed by atoms with Gasteiger partial charge in [0.2, 0.25) is 0 Å². The molecule has 0 bridgehead atoms. The quantitative estimate of drug-likeness (QED) is 0.721. The summed E-state index contributed by atoms with van der Waals surface area (Å²) in [6.07, 6.45) is 1.67. The second-order valence-corrected chi connectivity index (χ2v) is 4.82. The van der Waals surface area contributed by atoms with Gasteiger partial charge in [-0.15, -0.1) is 0 Å². The predicted octanol–water partition coefficient (Wildman–Crippen LogP) is 4.13. The minimum absolute atomic E-state index is 0.420. The molecule has 5 heteroatoms. The monoisotopic (exact) mass is 295 g/mol. The van der Waals surface area contributed by atoms with Gasteiger partial charge in [0.05, 0.1) is 22.3 Å². The first kappa shape index (κ1) is 13.2. The van der Waals surface area contributed by atoms with Crippen molar-refractivity contribution >= 4 is 28.2 Å². The Balaban J connectivity index is 2.11. The van der Waals surface area contributed by atoms with E-state index in [0.29, 0.717) is 33.3 Å². The predicted molar refractivity (Wildman–Crippen MR) is 82.4 cm³/mol.